The molecule has 0 spiro atoms. The van der Waals surface area contributed by atoms with Gasteiger partial charge < -0.3 is 40.2 Å². The molecule has 9 heteroatoms. The molecule has 0 aromatic rings. The van der Waals surface area contributed by atoms with E-state index in [-0.39, 0.29) is 34.6 Å². The molecular formula is C20H42O8Ti. The largest absolute Gasteiger partial charge is 2.00 e. The third-order valence-electron chi connectivity index (χ3n) is 3.08. The van der Waals surface area contributed by atoms with Gasteiger partial charge in [-0.05, 0) is 38.5 Å². The van der Waals surface area contributed by atoms with Crippen molar-refractivity contribution in [3.63, 3.8) is 0 Å². The third kappa shape index (κ3) is 32.4. The molecule has 8 nitrogen and oxygen atoms in total. The summed E-state index contributed by atoms with van der Waals surface area (Å²) in [6, 6.07) is 0. The molecule has 0 aliphatic carbocycles. The van der Waals surface area contributed by atoms with Crippen LogP contribution in [-0.2, 0) is 31.3 Å². The Morgan fingerprint density at radius 2 is 0.931 bits per heavy atom. The predicted molar refractivity (Wildman–Crippen MR) is 105 cm³/mol. The minimum absolute atomic E-state index is 0. The predicted octanol–water partition coefficient (Wildman–Crippen LogP) is -0.158. The summed E-state index contributed by atoms with van der Waals surface area (Å²) in [6.45, 7) is 14.6. The zero-order valence-electron chi connectivity index (χ0n) is 19.3. The van der Waals surface area contributed by atoms with E-state index < -0.39 is 23.1 Å². The van der Waals surface area contributed by atoms with E-state index in [9.17, 15) is 19.8 Å². The molecule has 0 rings (SSSR count). The molecule has 2 unspecified atom stereocenters. The van der Waals surface area contributed by atoms with E-state index in [0.717, 1.165) is 0 Å². The van der Waals surface area contributed by atoms with Gasteiger partial charge in [0.2, 0.25) is 0 Å². The molecule has 4 N–H and O–H groups in total. The van der Waals surface area contributed by atoms with Crippen molar-refractivity contribution in [1.29, 1.82) is 0 Å². The number of aliphatic hydroxyl groups is 4. The Morgan fingerprint density at radius 1 is 0.759 bits per heavy atom. The second-order valence-corrected chi connectivity index (χ2v) is 7.78. The molecule has 0 fully saturated rings. The molecule has 0 saturated heterocycles. The Balaban J connectivity index is -0.0000000907. The topological polar surface area (TPSA) is 161 Å². The van der Waals surface area contributed by atoms with E-state index >= 15 is 0 Å². The van der Waals surface area contributed by atoms with Crippen LogP contribution in [0.25, 0.3) is 0 Å². The van der Waals surface area contributed by atoms with Crippen LogP contribution in [0.1, 0.15) is 81.1 Å². The van der Waals surface area contributed by atoms with Crippen LogP contribution in [0.5, 0.6) is 0 Å². The summed E-state index contributed by atoms with van der Waals surface area (Å²) < 4.78 is 0. The second kappa shape index (κ2) is 22.2. The standard InChI is InChI=1S/2C6H12O3.2C4H10O.Ti/c2*1-3-4-6(2,9)5(7)8;2*1-4(2)3-5;/h2*9H,3-4H2,1-2H3,(H,7,8);2*4-5H,3H2,1-2H3;/q;;;;+2/p-2. The third-order valence-corrected chi connectivity index (χ3v) is 3.08. The molecule has 0 bridgehead atoms. The summed E-state index contributed by atoms with van der Waals surface area (Å²) in [6.07, 6.45) is 1.77. The van der Waals surface area contributed by atoms with Crippen LogP contribution in [0.3, 0.4) is 0 Å². The Kier molecular flexibility index (Phi) is 29.9. The van der Waals surface area contributed by atoms with Gasteiger partial charge in [-0.25, -0.2) is 0 Å². The minimum Gasteiger partial charge on any atom is -0.547 e. The van der Waals surface area contributed by atoms with Crippen molar-refractivity contribution < 1.29 is 61.9 Å². The maximum absolute atomic E-state index is 10.0. The van der Waals surface area contributed by atoms with Crippen molar-refractivity contribution in [2.45, 2.75) is 92.3 Å². The van der Waals surface area contributed by atoms with Crippen LogP contribution in [0.2, 0.25) is 0 Å². The van der Waals surface area contributed by atoms with Gasteiger partial charge in [0, 0.05) is 13.2 Å². The van der Waals surface area contributed by atoms with Gasteiger partial charge in [-0.1, -0.05) is 54.4 Å². The van der Waals surface area contributed by atoms with Crippen molar-refractivity contribution in [1.82, 2.24) is 0 Å². The number of hydrogen-bond donors (Lipinski definition) is 4. The second-order valence-electron chi connectivity index (χ2n) is 7.78. The summed E-state index contributed by atoms with van der Waals surface area (Å²) in [5.41, 5.74) is -3.29. The average molecular weight is 458 g/mol. The maximum atomic E-state index is 10.0. The van der Waals surface area contributed by atoms with Crippen molar-refractivity contribution in [3.8, 4) is 0 Å². The number of carbonyl (C=O) groups excluding carboxylic acids is 2. The number of carbonyl (C=O) groups is 2. The monoisotopic (exact) mass is 458 g/mol. The molecule has 0 aliphatic rings. The van der Waals surface area contributed by atoms with Gasteiger partial charge in [0.25, 0.3) is 0 Å². The Labute approximate surface area is 191 Å². The van der Waals surface area contributed by atoms with Crippen LogP contribution in [0, 0.1) is 11.8 Å². The van der Waals surface area contributed by atoms with Gasteiger partial charge in [0.1, 0.15) is 11.2 Å². The smallest absolute Gasteiger partial charge is 0.547 e. The maximum Gasteiger partial charge on any atom is 2.00 e. The first-order valence-electron chi connectivity index (χ1n) is 9.64. The van der Waals surface area contributed by atoms with Crippen LogP contribution in [-0.4, -0.2) is 56.8 Å². The molecule has 0 aromatic heterocycles. The summed E-state index contributed by atoms with van der Waals surface area (Å²) in [5, 5.41) is 54.2. The van der Waals surface area contributed by atoms with Crippen LogP contribution < -0.4 is 10.2 Å². The summed E-state index contributed by atoms with van der Waals surface area (Å²) in [4.78, 5) is 20.1. The molecule has 0 heterocycles. The first-order chi connectivity index (χ1) is 12.5. The van der Waals surface area contributed by atoms with Crippen molar-refractivity contribution >= 4 is 11.9 Å². The van der Waals surface area contributed by atoms with Gasteiger partial charge in [-0.15, -0.1) is 0 Å². The number of carboxylic acid groups (broad SMARTS) is 2. The molecular weight excluding hydrogens is 416 g/mol. The quantitative estimate of drug-likeness (QED) is 0.365. The summed E-state index contributed by atoms with van der Waals surface area (Å²) >= 11 is 0. The van der Waals surface area contributed by atoms with E-state index in [0.29, 0.717) is 37.9 Å². The molecule has 0 aromatic carbocycles. The number of aliphatic hydroxyl groups excluding tert-OH is 2. The fourth-order valence-corrected chi connectivity index (χ4v) is 1.18. The number of rotatable bonds is 8. The zero-order chi connectivity index (χ0) is 23.6. The van der Waals surface area contributed by atoms with Crippen molar-refractivity contribution in [2.75, 3.05) is 13.2 Å². The van der Waals surface area contributed by atoms with E-state index in [1.165, 1.54) is 13.8 Å². The molecule has 2 atom stereocenters. The van der Waals surface area contributed by atoms with Gasteiger partial charge in [0.05, 0.1) is 11.9 Å². The number of hydrogen-bond acceptors (Lipinski definition) is 8. The fourth-order valence-electron chi connectivity index (χ4n) is 1.18. The molecule has 0 amide bonds. The van der Waals surface area contributed by atoms with Gasteiger partial charge >= 0.3 is 21.7 Å². The van der Waals surface area contributed by atoms with E-state index in [1.807, 2.05) is 27.7 Å². The average Bonchev–Trinajstić information content (AvgIpc) is 2.56. The van der Waals surface area contributed by atoms with Crippen LogP contribution in [0.15, 0.2) is 0 Å². The molecule has 174 valence electrons. The first kappa shape index (κ1) is 39.0. The zero-order valence-corrected chi connectivity index (χ0v) is 20.9. The van der Waals surface area contributed by atoms with Gasteiger partial charge in [-0.3, -0.25) is 0 Å². The SMILES string of the molecule is CC(C)CO.CC(C)CO.CCCC(C)(O)C(=O)[O-].CCCC(C)(O)C(=O)[O-].[Ti+2]. The van der Waals surface area contributed by atoms with E-state index in [2.05, 4.69) is 0 Å². The van der Waals surface area contributed by atoms with E-state index in [4.69, 9.17) is 20.4 Å². The first-order valence-corrected chi connectivity index (χ1v) is 9.64. The number of carboxylic acids is 2. The van der Waals surface area contributed by atoms with E-state index in [1.54, 1.807) is 13.8 Å². The molecule has 0 radical (unpaired) electrons. The van der Waals surface area contributed by atoms with Crippen molar-refractivity contribution in [3.05, 3.63) is 0 Å². The Bertz CT molecular complexity index is 347. The minimum atomic E-state index is -1.64. The fraction of sp³-hybridized carbons (Fsp3) is 0.900. The van der Waals surface area contributed by atoms with Crippen LogP contribution in [0.4, 0.5) is 0 Å². The van der Waals surface area contributed by atoms with Gasteiger partial charge in [0.15, 0.2) is 0 Å². The van der Waals surface area contributed by atoms with Crippen molar-refractivity contribution in [2.24, 2.45) is 11.8 Å². The van der Waals surface area contributed by atoms with Gasteiger partial charge in [-0.2, -0.15) is 0 Å². The number of aliphatic carboxylic acids is 2. The summed E-state index contributed by atoms with van der Waals surface area (Å²) in [7, 11) is 0. The molecule has 0 aliphatic heterocycles. The molecule has 0 saturated carbocycles. The normalized spacial score (nSPS) is 13.7. The Hall–Kier alpha value is -0.506. The Morgan fingerprint density at radius 3 is 0.966 bits per heavy atom. The summed E-state index contributed by atoms with van der Waals surface area (Å²) in [5.74, 6) is -1.92. The van der Waals surface area contributed by atoms with Crippen LogP contribution >= 0.6 is 0 Å². The molecule has 29 heavy (non-hydrogen) atoms.